The quantitative estimate of drug-likeness (QED) is 0.902. The Balaban J connectivity index is 1.62. The molecule has 2 heterocycles. The Labute approximate surface area is 125 Å². The minimum absolute atomic E-state index is 0.0362. The van der Waals surface area contributed by atoms with Gasteiger partial charge in [-0.1, -0.05) is 13.8 Å². The molecule has 1 fully saturated rings. The van der Waals surface area contributed by atoms with Crippen molar-refractivity contribution in [1.29, 1.82) is 0 Å². The molecule has 1 saturated carbocycles. The van der Waals surface area contributed by atoms with E-state index in [4.69, 9.17) is 0 Å². The molecular weight excluding hydrogens is 266 g/mol. The number of aryl methyl sites for hydroxylation is 1. The Kier molecular flexibility index (Phi) is 3.87. The van der Waals surface area contributed by atoms with Crippen LogP contribution < -0.4 is 5.32 Å². The zero-order valence-electron chi connectivity index (χ0n) is 13.2. The predicted octanol–water partition coefficient (Wildman–Crippen LogP) is 1.94. The molecule has 2 aliphatic rings. The van der Waals surface area contributed by atoms with E-state index in [-0.39, 0.29) is 12.1 Å². The third-order valence-corrected chi connectivity index (χ3v) is 4.66. The minimum atomic E-state index is 0.0362. The number of nitrogens with one attached hydrogen (secondary N) is 1. The van der Waals surface area contributed by atoms with Crippen LogP contribution in [0.1, 0.15) is 51.7 Å². The van der Waals surface area contributed by atoms with Crippen LogP contribution in [0.25, 0.3) is 0 Å². The van der Waals surface area contributed by atoms with E-state index in [0.29, 0.717) is 18.5 Å². The smallest absolute Gasteiger partial charge is 0.318 e. The fourth-order valence-corrected chi connectivity index (χ4v) is 2.94. The van der Waals surface area contributed by atoms with Crippen LogP contribution >= 0.6 is 0 Å². The summed E-state index contributed by atoms with van der Waals surface area (Å²) < 4.78 is 2.13. The number of carbonyl (C=O) groups excluding carboxylic acids is 1. The zero-order valence-corrected chi connectivity index (χ0v) is 13.2. The molecule has 1 aliphatic heterocycles. The van der Waals surface area contributed by atoms with Crippen LogP contribution in [0.15, 0.2) is 0 Å². The first-order valence-corrected chi connectivity index (χ1v) is 8.05. The zero-order chi connectivity index (χ0) is 15.0. The third kappa shape index (κ3) is 2.89. The number of fused-ring (bicyclic) bond motifs is 1. The van der Waals surface area contributed by atoms with Crippen molar-refractivity contribution >= 4 is 6.03 Å². The molecule has 1 aromatic heterocycles. The molecule has 6 nitrogen and oxygen atoms in total. The summed E-state index contributed by atoms with van der Waals surface area (Å²) in [5.41, 5.74) is 0. The summed E-state index contributed by atoms with van der Waals surface area (Å²) in [6.07, 6.45) is 4.39. The second-order valence-electron chi connectivity index (χ2n) is 6.57. The molecule has 0 unspecified atom stereocenters. The van der Waals surface area contributed by atoms with Crippen molar-refractivity contribution in [3.05, 3.63) is 11.6 Å². The number of urea groups is 1. The maximum Gasteiger partial charge on any atom is 0.318 e. The lowest BCUT2D eigenvalue weighted by Crippen LogP contribution is -2.48. The van der Waals surface area contributed by atoms with Gasteiger partial charge in [0, 0.05) is 25.0 Å². The van der Waals surface area contributed by atoms with E-state index >= 15 is 0 Å². The van der Waals surface area contributed by atoms with Crippen LogP contribution in [-0.2, 0) is 19.5 Å². The largest absolute Gasteiger partial charge is 0.331 e. The molecule has 1 N–H and O–H groups in total. The number of rotatable bonds is 5. The SMILES string of the molecule is CC(C)[C@@H](C)N(C(=O)NCc1nnc2n1CCC2)C1CC1. The summed E-state index contributed by atoms with van der Waals surface area (Å²) in [6.45, 7) is 7.91. The lowest BCUT2D eigenvalue weighted by atomic mass is 10.0. The number of amides is 2. The lowest BCUT2D eigenvalue weighted by molar-refractivity contribution is 0.156. The van der Waals surface area contributed by atoms with Crippen LogP contribution in [0.3, 0.4) is 0 Å². The molecule has 1 aliphatic carbocycles. The van der Waals surface area contributed by atoms with Crippen LogP contribution in [0, 0.1) is 5.92 Å². The summed E-state index contributed by atoms with van der Waals surface area (Å²) in [5.74, 6) is 2.39. The fourth-order valence-electron chi connectivity index (χ4n) is 2.94. The summed E-state index contributed by atoms with van der Waals surface area (Å²) >= 11 is 0. The normalized spacial score (nSPS) is 18.7. The van der Waals surface area contributed by atoms with Gasteiger partial charge in [0.2, 0.25) is 0 Å². The second kappa shape index (κ2) is 5.66. The van der Waals surface area contributed by atoms with Crippen molar-refractivity contribution < 1.29 is 4.79 Å². The second-order valence-corrected chi connectivity index (χ2v) is 6.57. The van der Waals surface area contributed by atoms with Crippen molar-refractivity contribution in [2.24, 2.45) is 5.92 Å². The minimum Gasteiger partial charge on any atom is -0.331 e. The van der Waals surface area contributed by atoms with Gasteiger partial charge in [0.25, 0.3) is 0 Å². The van der Waals surface area contributed by atoms with E-state index in [1.807, 2.05) is 4.90 Å². The molecule has 0 radical (unpaired) electrons. The summed E-state index contributed by atoms with van der Waals surface area (Å²) in [4.78, 5) is 14.5. The van der Waals surface area contributed by atoms with E-state index in [2.05, 4.69) is 40.9 Å². The molecule has 6 heteroatoms. The average Bonchev–Trinajstić information content (AvgIpc) is 3.02. The lowest BCUT2D eigenvalue weighted by Gasteiger charge is -2.32. The Morgan fingerprint density at radius 2 is 2.14 bits per heavy atom. The fraction of sp³-hybridized carbons (Fsp3) is 0.800. The van der Waals surface area contributed by atoms with E-state index < -0.39 is 0 Å². The molecule has 1 aromatic rings. The van der Waals surface area contributed by atoms with Gasteiger partial charge in [-0.3, -0.25) is 0 Å². The first-order chi connectivity index (χ1) is 10.1. The van der Waals surface area contributed by atoms with Gasteiger partial charge in [-0.15, -0.1) is 10.2 Å². The van der Waals surface area contributed by atoms with Crippen LogP contribution in [-0.4, -0.2) is 37.8 Å². The Morgan fingerprint density at radius 3 is 2.81 bits per heavy atom. The highest BCUT2D eigenvalue weighted by atomic mass is 16.2. The van der Waals surface area contributed by atoms with Crippen LogP contribution in [0.2, 0.25) is 0 Å². The Hall–Kier alpha value is -1.59. The maximum atomic E-state index is 12.5. The van der Waals surface area contributed by atoms with Gasteiger partial charge in [0.1, 0.15) is 5.82 Å². The Bertz CT molecular complexity index is 520. The van der Waals surface area contributed by atoms with E-state index in [1.165, 1.54) is 0 Å². The average molecular weight is 291 g/mol. The van der Waals surface area contributed by atoms with Crippen molar-refractivity contribution in [2.45, 2.75) is 71.6 Å². The molecule has 2 amide bonds. The van der Waals surface area contributed by atoms with Crippen molar-refractivity contribution in [3.8, 4) is 0 Å². The monoisotopic (exact) mass is 291 g/mol. The van der Waals surface area contributed by atoms with Crippen LogP contribution in [0.4, 0.5) is 4.79 Å². The molecule has 21 heavy (non-hydrogen) atoms. The molecule has 0 bridgehead atoms. The standard InChI is InChI=1S/C15H25N5O/c1-10(2)11(3)20(12-6-7-12)15(21)16-9-14-18-17-13-5-4-8-19(13)14/h10-12H,4-9H2,1-3H3,(H,16,21)/t11-/m1/s1. The maximum absolute atomic E-state index is 12.5. The Morgan fingerprint density at radius 1 is 1.38 bits per heavy atom. The molecule has 0 aromatic carbocycles. The number of carbonyl (C=O) groups is 1. The highest BCUT2D eigenvalue weighted by Gasteiger charge is 2.36. The van der Waals surface area contributed by atoms with Gasteiger partial charge in [0.05, 0.1) is 6.54 Å². The first-order valence-electron chi connectivity index (χ1n) is 8.05. The molecule has 0 spiro atoms. The predicted molar refractivity (Wildman–Crippen MR) is 79.7 cm³/mol. The van der Waals surface area contributed by atoms with Gasteiger partial charge >= 0.3 is 6.03 Å². The number of hydrogen-bond acceptors (Lipinski definition) is 3. The molecular formula is C15H25N5O. The first kappa shape index (κ1) is 14.4. The molecule has 116 valence electrons. The van der Waals surface area contributed by atoms with E-state index in [1.54, 1.807) is 0 Å². The molecule has 3 rings (SSSR count). The van der Waals surface area contributed by atoms with Crippen LogP contribution in [0.5, 0.6) is 0 Å². The molecule has 0 saturated heterocycles. The number of hydrogen-bond donors (Lipinski definition) is 1. The summed E-state index contributed by atoms with van der Waals surface area (Å²) in [5, 5.41) is 11.4. The topological polar surface area (TPSA) is 63.1 Å². The number of nitrogens with zero attached hydrogens (tertiary/aromatic N) is 4. The van der Waals surface area contributed by atoms with E-state index in [0.717, 1.165) is 43.9 Å². The highest BCUT2D eigenvalue weighted by molar-refractivity contribution is 5.75. The van der Waals surface area contributed by atoms with Gasteiger partial charge in [-0.05, 0) is 32.1 Å². The summed E-state index contributed by atoms with van der Waals surface area (Å²) in [6, 6.07) is 0.724. The van der Waals surface area contributed by atoms with E-state index in [9.17, 15) is 4.79 Å². The number of aromatic nitrogens is 3. The highest BCUT2D eigenvalue weighted by Crippen LogP contribution is 2.30. The van der Waals surface area contributed by atoms with Gasteiger partial charge in [-0.2, -0.15) is 0 Å². The summed E-state index contributed by atoms with van der Waals surface area (Å²) in [7, 11) is 0. The van der Waals surface area contributed by atoms with Gasteiger partial charge in [-0.25, -0.2) is 4.79 Å². The van der Waals surface area contributed by atoms with Crippen molar-refractivity contribution in [2.75, 3.05) is 0 Å². The van der Waals surface area contributed by atoms with Crippen molar-refractivity contribution in [3.63, 3.8) is 0 Å². The third-order valence-electron chi connectivity index (χ3n) is 4.66. The van der Waals surface area contributed by atoms with Crippen molar-refractivity contribution in [1.82, 2.24) is 25.0 Å². The molecule has 1 atom stereocenters. The van der Waals surface area contributed by atoms with Gasteiger partial charge in [0.15, 0.2) is 5.82 Å². The van der Waals surface area contributed by atoms with Gasteiger partial charge < -0.3 is 14.8 Å².